The normalized spacial score (nSPS) is 12.0. The van der Waals surface area contributed by atoms with Gasteiger partial charge >= 0.3 is 6.18 Å². The highest BCUT2D eigenvalue weighted by molar-refractivity contribution is 7.11. The number of alkyl halides is 3. The number of rotatable bonds is 5. The summed E-state index contributed by atoms with van der Waals surface area (Å²) in [6.07, 6.45) is -1.84. The fraction of sp³-hybridized carbons (Fsp3) is 0.625. The highest BCUT2D eigenvalue weighted by Gasteiger charge is 2.27. The van der Waals surface area contributed by atoms with Crippen LogP contribution in [0.25, 0.3) is 0 Å². The molecule has 0 aliphatic heterocycles. The highest BCUT2D eigenvalue weighted by atomic mass is 32.1. The van der Waals surface area contributed by atoms with Gasteiger partial charge in [-0.05, 0) is 6.42 Å². The molecule has 3 nitrogen and oxygen atoms in total. The maximum atomic E-state index is 11.7. The second kappa shape index (κ2) is 5.43. The maximum absolute atomic E-state index is 11.7. The number of hydrogen-bond donors (Lipinski definition) is 1. The Bertz CT molecular complexity index is 300. The van der Waals surface area contributed by atoms with E-state index in [-0.39, 0.29) is 6.54 Å². The van der Waals surface area contributed by atoms with Gasteiger partial charge in [0.25, 0.3) is 0 Å². The van der Waals surface area contributed by atoms with Gasteiger partial charge < -0.3 is 0 Å². The van der Waals surface area contributed by atoms with Crippen LogP contribution in [0.5, 0.6) is 0 Å². The zero-order valence-corrected chi connectivity index (χ0v) is 8.91. The third-order valence-corrected chi connectivity index (χ3v) is 2.63. The second-order valence-corrected chi connectivity index (χ2v) is 4.00. The Morgan fingerprint density at radius 1 is 1.53 bits per heavy atom. The van der Waals surface area contributed by atoms with Gasteiger partial charge in [0.05, 0.1) is 11.6 Å². The summed E-state index contributed by atoms with van der Waals surface area (Å²) in [6.45, 7) is 0.927. The van der Waals surface area contributed by atoms with Crippen LogP contribution < -0.4 is 5.48 Å². The topological polar surface area (TPSA) is 34.2 Å². The highest BCUT2D eigenvalue weighted by Crippen LogP contribution is 2.15. The molecule has 7 heteroatoms. The third kappa shape index (κ3) is 5.10. The van der Waals surface area contributed by atoms with Crippen molar-refractivity contribution >= 4 is 11.3 Å². The molecule has 0 unspecified atom stereocenters. The Kier molecular flexibility index (Phi) is 4.49. The zero-order valence-electron chi connectivity index (χ0n) is 8.10. The van der Waals surface area contributed by atoms with Crippen molar-refractivity contribution in [2.24, 2.45) is 0 Å². The standard InChI is InChI=1S/C8H11F3N2OS/c1-2-7-12-3-6(15-7)4-13-14-5-8(9,10)11/h3,13H,2,4-5H2,1H3. The van der Waals surface area contributed by atoms with E-state index >= 15 is 0 Å². The molecule has 0 bridgehead atoms. The number of hydroxylamine groups is 1. The van der Waals surface area contributed by atoms with Crippen LogP contribution in [0.2, 0.25) is 0 Å². The molecule has 0 spiro atoms. The molecule has 0 atom stereocenters. The molecule has 86 valence electrons. The fourth-order valence-electron chi connectivity index (χ4n) is 0.848. The molecule has 1 aromatic heterocycles. The molecule has 0 aromatic carbocycles. The molecule has 15 heavy (non-hydrogen) atoms. The third-order valence-electron chi connectivity index (χ3n) is 1.49. The van der Waals surface area contributed by atoms with Crippen LogP contribution in [0.1, 0.15) is 16.8 Å². The fourth-order valence-corrected chi connectivity index (χ4v) is 1.64. The number of hydrogen-bond acceptors (Lipinski definition) is 4. The van der Waals surface area contributed by atoms with E-state index in [0.29, 0.717) is 0 Å². The molecule has 0 saturated heterocycles. The van der Waals surface area contributed by atoms with Crippen molar-refractivity contribution in [3.8, 4) is 0 Å². The van der Waals surface area contributed by atoms with Gasteiger partial charge in [-0.3, -0.25) is 4.84 Å². The van der Waals surface area contributed by atoms with E-state index in [4.69, 9.17) is 0 Å². The zero-order chi connectivity index (χ0) is 11.3. The van der Waals surface area contributed by atoms with Gasteiger partial charge in [0.1, 0.15) is 0 Å². The van der Waals surface area contributed by atoms with E-state index in [1.54, 1.807) is 6.20 Å². The van der Waals surface area contributed by atoms with Crippen molar-refractivity contribution in [2.45, 2.75) is 26.1 Å². The minimum absolute atomic E-state index is 0.244. The van der Waals surface area contributed by atoms with Gasteiger partial charge in [-0.15, -0.1) is 11.3 Å². The van der Waals surface area contributed by atoms with Gasteiger partial charge in [0.15, 0.2) is 6.61 Å². The average molecular weight is 240 g/mol. The molecule has 0 aliphatic carbocycles. The van der Waals surface area contributed by atoms with Gasteiger partial charge in [-0.2, -0.15) is 18.7 Å². The van der Waals surface area contributed by atoms with Crippen molar-refractivity contribution in [2.75, 3.05) is 6.61 Å². The molecular weight excluding hydrogens is 229 g/mol. The molecule has 1 heterocycles. The Morgan fingerprint density at radius 3 is 2.80 bits per heavy atom. The predicted molar refractivity (Wildman–Crippen MR) is 50.3 cm³/mol. The number of halogens is 3. The van der Waals surface area contributed by atoms with Crippen LogP contribution in [-0.4, -0.2) is 17.8 Å². The molecular formula is C8H11F3N2OS. The van der Waals surface area contributed by atoms with Gasteiger partial charge in [-0.25, -0.2) is 4.98 Å². The number of thiazole rings is 1. The molecule has 0 aliphatic rings. The van der Waals surface area contributed by atoms with Crippen molar-refractivity contribution in [3.63, 3.8) is 0 Å². The van der Waals surface area contributed by atoms with Crippen molar-refractivity contribution < 1.29 is 18.0 Å². The molecule has 0 amide bonds. The summed E-state index contributed by atoms with van der Waals surface area (Å²) < 4.78 is 35.0. The summed E-state index contributed by atoms with van der Waals surface area (Å²) in [5, 5.41) is 0.961. The van der Waals surface area contributed by atoms with Gasteiger partial charge in [-0.1, -0.05) is 6.92 Å². The minimum Gasteiger partial charge on any atom is -0.292 e. The number of aryl methyl sites for hydroxylation is 1. The number of nitrogens with one attached hydrogen (secondary N) is 1. The first kappa shape index (κ1) is 12.4. The van der Waals surface area contributed by atoms with Crippen molar-refractivity contribution in [3.05, 3.63) is 16.1 Å². The molecule has 0 radical (unpaired) electrons. The molecule has 0 saturated carbocycles. The largest absolute Gasteiger partial charge is 0.413 e. The Balaban J connectivity index is 2.20. The van der Waals surface area contributed by atoms with Gasteiger partial charge in [0, 0.05) is 11.1 Å². The quantitative estimate of drug-likeness (QED) is 0.633. The summed E-state index contributed by atoms with van der Waals surface area (Å²) in [4.78, 5) is 9.17. The van der Waals surface area contributed by atoms with Crippen LogP contribution in [0, 0.1) is 0 Å². The average Bonchev–Trinajstić information content (AvgIpc) is 2.59. The summed E-state index contributed by atoms with van der Waals surface area (Å²) >= 11 is 1.46. The Hall–Kier alpha value is -0.660. The molecule has 1 rings (SSSR count). The lowest BCUT2D eigenvalue weighted by atomic mass is 10.5. The molecule has 1 N–H and O–H groups in total. The van der Waals surface area contributed by atoms with Crippen molar-refractivity contribution in [1.29, 1.82) is 0 Å². The monoisotopic (exact) mass is 240 g/mol. The lowest BCUT2D eigenvalue weighted by Crippen LogP contribution is -2.24. The van der Waals surface area contributed by atoms with E-state index < -0.39 is 12.8 Å². The van der Waals surface area contributed by atoms with Crippen LogP contribution in [-0.2, 0) is 17.8 Å². The number of aromatic nitrogens is 1. The van der Waals surface area contributed by atoms with E-state index in [9.17, 15) is 13.2 Å². The first-order valence-corrected chi connectivity index (χ1v) is 5.18. The maximum Gasteiger partial charge on any atom is 0.413 e. The molecule has 0 fully saturated rings. The van der Waals surface area contributed by atoms with E-state index in [0.717, 1.165) is 16.3 Å². The lowest BCUT2D eigenvalue weighted by molar-refractivity contribution is -0.190. The summed E-state index contributed by atoms with van der Waals surface area (Å²) in [6, 6.07) is 0. The van der Waals surface area contributed by atoms with Crippen LogP contribution >= 0.6 is 11.3 Å². The summed E-state index contributed by atoms with van der Waals surface area (Å²) in [5.41, 5.74) is 2.25. The second-order valence-electron chi connectivity index (χ2n) is 2.80. The number of nitrogens with zero attached hydrogens (tertiary/aromatic N) is 1. The SMILES string of the molecule is CCc1ncc(CNOCC(F)(F)F)s1. The van der Waals surface area contributed by atoms with Crippen LogP contribution in [0.4, 0.5) is 13.2 Å². The molecule has 1 aromatic rings. The van der Waals surface area contributed by atoms with Crippen LogP contribution in [0.3, 0.4) is 0 Å². The Labute approximate surface area is 89.2 Å². The summed E-state index contributed by atoms with van der Waals surface area (Å²) in [5.74, 6) is 0. The minimum atomic E-state index is -4.30. The Morgan fingerprint density at radius 2 is 2.27 bits per heavy atom. The first-order chi connectivity index (χ1) is 7.01. The van der Waals surface area contributed by atoms with E-state index in [2.05, 4.69) is 15.3 Å². The van der Waals surface area contributed by atoms with Crippen LogP contribution in [0.15, 0.2) is 6.20 Å². The first-order valence-electron chi connectivity index (χ1n) is 4.36. The lowest BCUT2D eigenvalue weighted by Gasteiger charge is -2.06. The smallest absolute Gasteiger partial charge is 0.292 e. The summed E-state index contributed by atoms with van der Waals surface area (Å²) in [7, 11) is 0. The van der Waals surface area contributed by atoms with Gasteiger partial charge in [0.2, 0.25) is 0 Å². The van der Waals surface area contributed by atoms with E-state index in [1.807, 2.05) is 6.92 Å². The van der Waals surface area contributed by atoms with Crippen molar-refractivity contribution in [1.82, 2.24) is 10.5 Å². The van der Waals surface area contributed by atoms with E-state index in [1.165, 1.54) is 11.3 Å². The predicted octanol–water partition coefficient (Wildman–Crippen LogP) is 2.29.